The molecule has 3 aromatic heterocycles. The van der Waals surface area contributed by atoms with Crippen LogP contribution in [0.25, 0.3) is 22.1 Å². The molecule has 1 atom stereocenters. The molecule has 0 aliphatic heterocycles. The third-order valence-electron chi connectivity index (χ3n) is 5.60. The first-order valence-electron chi connectivity index (χ1n) is 11.7. The molecular weight excluding hydrogens is 466 g/mol. The molecule has 0 saturated heterocycles. The largest absolute Gasteiger partial charge is 0.381 e. The van der Waals surface area contributed by atoms with Gasteiger partial charge in [0.2, 0.25) is 0 Å². The van der Waals surface area contributed by atoms with E-state index in [-0.39, 0.29) is 23.0 Å². The zero-order valence-electron chi connectivity index (χ0n) is 20.6. The van der Waals surface area contributed by atoms with Crippen molar-refractivity contribution in [3.8, 4) is 17.5 Å². The highest BCUT2D eigenvalue weighted by molar-refractivity contribution is 6.03. The van der Waals surface area contributed by atoms with E-state index in [2.05, 4.69) is 34.9 Å². The first-order chi connectivity index (χ1) is 17.8. The predicted octanol–water partition coefficient (Wildman–Crippen LogP) is 2.66. The molecule has 0 fully saturated rings. The summed E-state index contributed by atoms with van der Waals surface area (Å²) >= 11 is 0. The number of benzene rings is 2. The Bertz CT molecular complexity index is 1710. The second kappa shape index (κ2) is 10.8. The van der Waals surface area contributed by atoms with Crippen molar-refractivity contribution in [3.63, 3.8) is 0 Å². The van der Waals surface area contributed by atoms with Gasteiger partial charge in [0, 0.05) is 29.3 Å². The summed E-state index contributed by atoms with van der Waals surface area (Å²) in [6.07, 6.45) is 3.96. The second-order valence-corrected chi connectivity index (χ2v) is 8.31. The van der Waals surface area contributed by atoms with Gasteiger partial charge in [-0.05, 0) is 49.1 Å². The van der Waals surface area contributed by atoms with Gasteiger partial charge in [0.15, 0.2) is 11.5 Å². The molecule has 1 unspecified atom stereocenters. The van der Waals surface area contributed by atoms with Crippen molar-refractivity contribution in [2.75, 3.05) is 5.73 Å². The molecule has 5 rings (SSSR count). The maximum atomic E-state index is 13.2. The fraction of sp³-hybridized carbons (Fsp3) is 0.143. The normalized spacial score (nSPS) is 11.3. The Morgan fingerprint density at radius 2 is 1.86 bits per heavy atom. The Labute approximate surface area is 213 Å². The minimum atomic E-state index is -0.619. The number of aryl methyl sites for hydroxylation is 1. The van der Waals surface area contributed by atoms with Crippen LogP contribution in [-0.2, 0) is 6.42 Å². The van der Waals surface area contributed by atoms with E-state index >= 15 is 0 Å². The molecule has 3 heterocycles. The Morgan fingerprint density at radius 3 is 2.54 bits per heavy atom. The maximum Gasteiger partial charge on any atom is 0.264 e. The van der Waals surface area contributed by atoms with Gasteiger partial charge in [-0.2, -0.15) is 0 Å². The Morgan fingerprint density at radius 1 is 1.11 bits per heavy atom. The van der Waals surface area contributed by atoms with Gasteiger partial charge in [-0.1, -0.05) is 49.1 Å². The number of carbonyl (C=O) groups is 1. The number of aromatic nitrogens is 4. The highest BCUT2D eigenvalue weighted by Crippen LogP contribution is 2.19. The topological polar surface area (TPSA) is 147 Å². The van der Waals surface area contributed by atoms with Gasteiger partial charge < -0.3 is 17.2 Å². The van der Waals surface area contributed by atoms with E-state index in [0.717, 1.165) is 28.8 Å². The average Bonchev–Trinajstić information content (AvgIpc) is 3.23. The molecular formula is C28H27N7O2. The van der Waals surface area contributed by atoms with Crippen molar-refractivity contribution in [2.45, 2.75) is 26.3 Å². The van der Waals surface area contributed by atoms with Crippen molar-refractivity contribution in [2.24, 2.45) is 11.5 Å². The number of carbonyl (C=O) groups excluding carboxylic acids is 1. The molecule has 186 valence electrons. The second-order valence-electron chi connectivity index (χ2n) is 8.31. The van der Waals surface area contributed by atoms with Crippen LogP contribution in [0.15, 0.2) is 77.9 Å². The number of fused-ring (bicyclic) bond motifs is 2. The van der Waals surface area contributed by atoms with Crippen molar-refractivity contribution < 1.29 is 4.79 Å². The molecule has 0 bridgehead atoms. The molecule has 5 aromatic rings. The highest BCUT2D eigenvalue weighted by Gasteiger charge is 2.15. The van der Waals surface area contributed by atoms with Gasteiger partial charge >= 0.3 is 0 Å². The number of hydrogen-bond acceptors (Lipinski definition) is 6. The number of nitrogens with two attached hydrogens (primary N) is 3. The van der Waals surface area contributed by atoms with E-state index in [1.165, 1.54) is 4.52 Å². The Hall–Kier alpha value is -4.94. The quantitative estimate of drug-likeness (QED) is 0.329. The molecule has 0 saturated carbocycles. The summed E-state index contributed by atoms with van der Waals surface area (Å²) < 4.78 is 3.19. The van der Waals surface area contributed by atoms with E-state index in [0.29, 0.717) is 11.0 Å². The number of amides is 1. The minimum Gasteiger partial charge on any atom is -0.381 e. The van der Waals surface area contributed by atoms with Crippen LogP contribution in [0.3, 0.4) is 0 Å². The number of para-hydroxylation sites is 1. The third-order valence-corrected chi connectivity index (χ3v) is 5.60. The molecule has 9 nitrogen and oxygen atoms in total. The van der Waals surface area contributed by atoms with Crippen LogP contribution in [0, 0.1) is 11.8 Å². The summed E-state index contributed by atoms with van der Waals surface area (Å²) in [6, 6.07) is 19.0. The summed E-state index contributed by atoms with van der Waals surface area (Å²) in [5.74, 6) is 5.49. The van der Waals surface area contributed by atoms with Crippen LogP contribution in [0.1, 0.15) is 35.5 Å². The lowest BCUT2D eigenvalue weighted by Crippen LogP contribution is -2.22. The molecule has 6 N–H and O–H groups in total. The summed E-state index contributed by atoms with van der Waals surface area (Å²) in [6.45, 7) is 3.88. The van der Waals surface area contributed by atoms with Crippen molar-refractivity contribution in [1.29, 1.82) is 0 Å². The summed E-state index contributed by atoms with van der Waals surface area (Å²) in [5, 5.41) is 5.43. The number of rotatable bonds is 3. The van der Waals surface area contributed by atoms with Crippen molar-refractivity contribution in [1.82, 2.24) is 19.2 Å². The predicted molar refractivity (Wildman–Crippen MR) is 145 cm³/mol. The molecule has 37 heavy (non-hydrogen) atoms. The lowest BCUT2D eigenvalue weighted by atomic mass is 10.0. The van der Waals surface area contributed by atoms with E-state index < -0.39 is 5.91 Å². The summed E-state index contributed by atoms with van der Waals surface area (Å²) in [7, 11) is 0. The smallest absolute Gasteiger partial charge is 0.264 e. The number of hydrogen-bond donors (Lipinski definition) is 3. The van der Waals surface area contributed by atoms with Crippen LogP contribution in [0.5, 0.6) is 0 Å². The molecule has 0 aliphatic rings. The van der Waals surface area contributed by atoms with Gasteiger partial charge in [-0.3, -0.25) is 14.2 Å². The highest BCUT2D eigenvalue weighted by atomic mass is 16.1. The van der Waals surface area contributed by atoms with Gasteiger partial charge in [-0.25, -0.2) is 9.50 Å². The van der Waals surface area contributed by atoms with Crippen LogP contribution < -0.4 is 22.8 Å². The lowest BCUT2D eigenvalue weighted by molar-refractivity contribution is 0.100. The number of anilines is 1. The van der Waals surface area contributed by atoms with Crippen LogP contribution >= 0.6 is 0 Å². The molecule has 1 amide bonds. The maximum absolute atomic E-state index is 13.2. The average molecular weight is 494 g/mol. The van der Waals surface area contributed by atoms with E-state index in [1.807, 2.05) is 55.5 Å². The molecule has 2 aromatic carbocycles. The van der Waals surface area contributed by atoms with E-state index in [4.69, 9.17) is 17.2 Å². The molecule has 0 radical (unpaired) electrons. The van der Waals surface area contributed by atoms with Crippen LogP contribution in [0.2, 0.25) is 0 Å². The molecule has 0 aliphatic carbocycles. The SMILES string of the molecule is CCc1cc2cccc(C#CC(C)N)c2c(=O)n1-c1ccccc1.NC(=O)c1c(N)nn2cccnc12. The fourth-order valence-electron chi connectivity index (χ4n) is 3.97. The van der Waals surface area contributed by atoms with Crippen molar-refractivity contribution >= 4 is 28.1 Å². The first-order valence-corrected chi connectivity index (χ1v) is 11.7. The summed E-state index contributed by atoms with van der Waals surface area (Å²) in [4.78, 5) is 28.1. The first kappa shape index (κ1) is 25.2. The standard InChI is InChI=1S/C21H20N2O.C7H7N5O/c1-3-18-14-17-9-7-8-16(13-12-15(2)22)20(17)21(24)23(18)19-10-5-4-6-11-19;8-5-4(6(9)13)7-10-2-1-3-12(7)11-5/h4-11,14-15H,3,22H2,1-2H3;1-3H,(H2,8,11)(H2,9,13). The molecule has 9 heteroatoms. The Balaban J connectivity index is 0.000000207. The van der Waals surface area contributed by atoms with E-state index in [1.54, 1.807) is 23.0 Å². The Kier molecular flexibility index (Phi) is 7.32. The third kappa shape index (κ3) is 5.19. The van der Waals surface area contributed by atoms with Gasteiger partial charge in [0.1, 0.15) is 5.56 Å². The molecule has 0 spiro atoms. The zero-order chi connectivity index (χ0) is 26.5. The lowest BCUT2D eigenvalue weighted by Gasteiger charge is -2.14. The van der Waals surface area contributed by atoms with Crippen LogP contribution in [0.4, 0.5) is 5.82 Å². The van der Waals surface area contributed by atoms with Crippen LogP contribution in [-0.4, -0.2) is 31.1 Å². The number of pyridine rings is 1. The fourth-order valence-corrected chi connectivity index (χ4v) is 3.97. The summed E-state index contributed by atoms with van der Waals surface area (Å²) in [5.41, 5.74) is 19.4. The zero-order valence-corrected chi connectivity index (χ0v) is 20.6. The van der Waals surface area contributed by atoms with Gasteiger partial charge in [0.25, 0.3) is 11.5 Å². The number of nitrogens with zero attached hydrogens (tertiary/aromatic N) is 4. The number of nitrogen functional groups attached to an aromatic ring is 1. The van der Waals surface area contributed by atoms with Crippen molar-refractivity contribution in [3.05, 3.63) is 100 Å². The monoisotopic (exact) mass is 493 g/mol. The minimum absolute atomic E-state index is 0.0369. The number of primary amides is 1. The van der Waals surface area contributed by atoms with E-state index in [9.17, 15) is 9.59 Å². The van der Waals surface area contributed by atoms with Gasteiger partial charge in [0.05, 0.1) is 11.4 Å². The van der Waals surface area contributed by atoms with Gasteiger partial charge in [-0.15, -0.1) is 5.10 Å².